The number of carbonyl (C=O) groups is 1. The molecule has 30 heavy (non-hydrogen) atoms. The van der Waals surface area contributed by atoms with Crippen molar-refractivity contribution in [2.45, 2.75) is 103 Å². The Morgan fingerprint density at radius 1 is 0.600 bits per heavy atom. The zero-order chi connectivity index (χ0) is 21.3. The summed E-state index contributed by atoms with van der Waals surface area (Å²) in [4.78, 5) is 12.4. The Balaban J connectivity index is 1.46. The van der Waals surface area contributed by atoms with Gasteiger partial charge in [-0.1, -0.05) is 114 Å². The summed E-state index contributed by atoms with van der Waals surface area (Å²) in [5.41, 5.74) is 1.51. The molecule has 1 aromatic heterocycles. The number of rotatable bonds is 17. The molecule has 2 nitrogen and oxygen atoms in total. The minimum atomic E-state index is 0.0965. The highest BCUT2D eigenvalue weighted by molar-refractivity contribution is 6.08. The molecule has 0 saturated heterocycles. The maximum Gasteiger partial charge on any atom is 0.193 e. The Hall–Kier alpha value is -1.96. The Morgan fingerprint density at radius 3 is 1.53 bits per heavy atom. The molecular weight excluding hydrogens is 366 g/mol. The van der Waals surface area contributed by atoms with Crippen molar-refractivity contribution in [2.75, 3.05) is 0 Å². The molecule has 0 aliphatic rings. The molecule has 1 aromatic carbocycles. The number of benzene rings is 1. The molecule has 1 heterocycles. The predicted molar refractivity (Wildman–Crippen MR) is 127 cm³/mol. The van der Waals surface area contributed by atoms with E-state index in [9.17, 15) is 4.79 Å². The van der Waals surface area contributed by atoms with Gasteiger partial charge in [0.25, 0.3) is 0 Å². The smallest absolute Gasteiger partial charge is 0.193 e. The highest BCUT2D eigenvalue weighted by atomic mass is 16.1. The molecule has 2 rings (SSSR count). The standard InChI is InChI=1S/C28H42NO/c1-2-3-4-5-6-7-8-9-10-11-12-13-14-18-23-29-24-21-27(22-25-29)28(30)26-19-16-15-17-20-26/h15-17,19-22,24-25H,2-14,18,23H2,1H3/q+1. The SMILES string of the molecule is CCCCCCCCCCCCCCCC[n+]1ccc(C(=O)c2ccccc2)cc1. The van der Waals surface area contributed by atoms with Crippen molar-refractivity contribution >= 4 is 5.78 Å². The monoisotopic (exact) mass is 408 g/mol. The topological polar surface area (TPSA) is 20.9 Å². The van der Waals surface area contributed by atoms with Gasteiger partial charge in [0.05, 0.1) is 0 Å². The molecule has 0 N–H and O–H groups in total. The lowest BCUT2D eigenvalue weighted by molar-refractivity contribution is -0.697. The van der Waals surface area contributed by atoms with Crippen LogP contribution < -0.4 is 4.57 Å². The largest absolute Gasteiger partial charge is 0.289 e. The van der Waals surface area contributed by atoms with E-state index in [4.69, 9.17) is 0 Å². The van der Waals surface area contributed by atoms with Gasteiger partial charge in [0, 0.05) is 29.7 Å². The maximum absolute atomic E-state index is 12.4. The fourth-order valence-corrected chi connectivity index (χ4v) is 4.00. The van der Waals surface area contributed by atoms with Crippen LogP contribution in [-0.2, 0) is 6.54 Å². The zero-order valence-electron chi connectivity index (χ0n) is 19.2. The molecule has 0 fully saturated rings. The number of ketones is 1. The van der Waals surface area contributed by atoms with Crippen molar-refractivity contribution in [2.24, 2.45) is 0 Å². The number of carbonyl (C=O) groups excluding carboxylic acids is 1. The summed E-state index contributed by atoms with van der Waals surface area (Å²) in [6.45, 7) is 3.32. The van der Waals surface area contributed by atoms with Crippen molar-refractivity contribution in [3.8, 4) is 0 Å². The second-order valence-electron chi connectivity index (χ2n) is 8.62. The summed E-state index contributed by atoms with van der Waals surface area (Å²) in [6.07, 6.45) is 23.5. The minimum absolute atomic E-state index is 0.0965. The fourth-order valence-electron chi connectivity index (χ4n) is 4.00. The molecule has 164 valence electrons. The lowest BCUT2D eigenvalue weighted by atomic mass is 10.0. The molecule has 0 radical (unpaired) electrons. The molecule has 0 aliphatic heterocycles. The van der Waals surface area contributed by atoms with Crippen molar-refractivity contribution < 1.29 is 9.36 Å². The van der Waals surface area contributed by atoms with Crippen LogP contribution in [0.2, 0.25) is 0 Å². The molecule has 0 saturated carbocycles. The molecule has 2 aromatic rings. The molecule has 0 amide bonds. The maximum atomic E-state index is 12.4. The fraction of sp³-hybridized carbons (Fsp3) is 0.571. The third kappa shape index (κ3) is 10.2. The lowest BCUT2D eigenvalue weighted by Gasteiger charge is -2.03. The first kappa shape index (κ1) is 24.3. The second-order valence-corrected chi connectivity index (χ2v) is 8.62. The third-order valence-electron chi connectivity index (χ3n) is 5.96. The average Bonchev–Trinajstić information content (AvgIpc) is 2.80. The van der Waals surface area contributed by atoms with Gasteiger partial charge in [0.1, 0.15) is 6.54 Å². The van der Waals surface area contributed by atoms with Crippen molar-refractivity contribution in [3.05, 3.63) is 66.0 Å². The molecular formula is C28H42NO+. The number of pyridine rings is 1. The average molecular weight is 409 g/mol. The minimum Gasteiger partial charge on any atom is -0.289 e. The summed E-state index contributed by atoms with van der Waals surface area (Å²) in [5, 5.41) is 0. The predicted octanol–water partition coefficient (Wildman–Crippen LogP) is 7.69. The van der Waals surface area contributed by atoms with Crippen LogP contribution in [0.4, 0.5) is 0 Å². The molecule has 0 bridgehead atoms. The normalized spacial score (nSPS) is 11.0. The van der Waals surface area contributed by atoms with Gasteiger partial charge in [-0.05, 0) is 6.42 Å². The highest BCUT2D eigenvalue weighted by Crippen LogP contribution is 2.13. The molecule has 0 spiro atoms. The van der Waals surface area contributed by atoms with Crippen LogP contribution in [0.1, 0.15) is 113 Å². The Kier molecular flexibility index (Phi) is 12.8. The van der Waals surface area contributed by atoms with Crippen LogP contribution in [0, 0.1) is 0 Å². The van der Waals surface area contributed by atoms with Crippen LogP contribution in [-0.4, -0.2) is 5.78 Å². The van der Waals surface area contributed by atoms with Crippen LogP contribution in [0.3, 0.4) is 0 Å². The summed E-state index contributed by atoms with van der Waals surface area (Å²) >= 11 is 0. The van der Waals surface area contributed by atoms with Crippen LogP contribution in [0.15, 0.2) is 54.9 Å². The van der Waals surface area contributed by atoms with E-state index in [0.717, 1.165) is 17.7 Å². The highest BCUT2D eigenvalue weighted by Gasteiger charge is 2.10. The van der Waals surface area contributed by atoms with Gasteiger partial charge in [-0.25, -0.2) is 4.57 Å². The lowest BCUT2D eigenvalue weighted by Crippen LogP contribution is -2.32. The Morgan fingerprint density at radius 2 is 1.03 bits per heavy atom. The van der Waals surface area contributed by atoms with E-state index in [1.54, 1.807) is 0 Å². The number of hydrogen-bond donors (Lipinski definition) is 0. The molecule has 2 heteroatoms. The number of aromatic nitrogens is 1. The Bertz CT molecular complexity index is 678. The van der Waals surface area contributed by atoms with Crippen molar-refractivity contribution in [1.82, 2.24) is 0 Å². The molecule has 0 atom stereocenters. The van der Waals surface area contributed by atoms with Gasteiger partial charge < -0.3 is 0 Å². The van der Waals surface area contributed by atoms with Crippen LogP contribution in [0.25, 0.3) is 0 Å². The van der Waals surface area contributed by atoms with E-state index in [0.29, 0.717) is 0 Å². The first-order valence-electron chi connectivity index (χ1n) is 12.4. The van der Waals surface area contributed by atoms with E-state index in [2.05, 4.69) is 11.5 Å². The number of unbranched alkanes of at least 4 members (excludes halogenated alkanes) is 13. The van der Waals surface area contributed by atoms with E-state index < -0.39 is 0 Å². The van der Waals surface area contributed by atoms with Crippen molar-refractivity contribution in [3.63, 3.8) is 0 Å². The number of aryl methyl sites for hydroxylation is 1. The van der Waals surface area contributed by atoms with Gasteiger partial charge in [-0.2, -0.15) is 0 Å². The van der Waals surface area contributed by atoms with Gasteiger partial charge in [-0.3, -0.25) is 4.79 Å². The third-order valence-corrected chi connectivity index (χ3v) is 5.96. The van der Waals surface area contributed by atoms with Gasteiger partial charge >= 0.3 is 0 Å². The zero-order valence-corrected chi connectivity index (χ0v) is 19.2. The first-order chi connectivity index (χ1) is 14.8. The number of hydrogen-bond acceptors (Lipinski definition) is 1. The van der Waals surface area contributed by atoms with E-state index in [1.165, 1.54) is 89.9 Å². The van der Waals surface area contributed by atoms with Gasteiger partial charge in [-0.15, -0.1) is 0 Å². The first-order valence-corrected chi connectivity index (χ1v) is 12.4. The van der Waals surface area contributed by atoms with E-state index in [1.807, 2.05) is 54.9 Å². The summed E-state index contributed by atoms with van der Waals surface area (Å²) in [6, 6.07) is 13.4. The van der Waals surface area contributed by atoms with Crippen LogP contribution >= 0.6 is 0 Å². The number of nitrogens with zero attached hydrogens (tertiary/aromatic N) is 1. The summed E-state index contributed by atoms with van der Waals surface area (Å²) < 4.78 is 2.20. The van der Waals surface area contributed by atoms with E-state index in [-0.39, 0.29) is 5.78 Å². The van der Waals surface area contributed by atoms with E-state index >= 15 is 0 Å². The molecule has 0 aliphatic carbocycles. The van der Waals surface area contributed by atoms with Crippen LogP contribution in [0.5, 0.6) is 0 Å². The quantitative estimate of drug-likeness (QED) is 0.149. The van der Waals surface area contributed by atoms with Gasteiger partial charge in [0.2, 0.25) is 0 Å². The second kappa shape index (κ2) is 15.8. The Labute approximate surface area is 184 Å². The molecule has 0 unspecified atom stereocenters. The van der Waals surface area contributed by atoms with Crippen molar-refractivity contribution in [1.29, 1.82) is 0 Å². The van der Waals surface area contributed by atoms with Gasteiger partial charge in [0.15, 0.2) is 18.2 Å². The summed E-state index contributed by atoms with van der Waals surface area (Å²) in [5.74, 6) is 0.0965. The summed E-state index contributed by atoms with van der Waals surface area (Å²) in [7, 11) is 0.